The predicted octanol–water partition coefficient (Wildman–Crippen LogP) is 2.45. The average Bonchev–Trinajstić information content (AvgIpc) is 2.30. The van der Waals surface area contributed by atoms with Gasteiger partial charge >= 0.3 is 0 Å². The summed E-state index contributed by atoms with van der Waals surface area (Å²) in [5.41, 5.74) is 3.99. The first-order valence-electron chi connectivity index (χ1n) is 5.74. The van der Waals surface area contributed by atoms with Crippen molar-refractivity contribution in [3.8, 4) is 0 Å². The van der Waals surface area contributed by atoms with Crippen LogP contribution in [0.2, 0.25) is 0 Å². The van der Waals surface area contributed by atoms with Crippen LogP contribution in [0.15, 0.2) is 6.07 Å². The Morgan fingerprint density at radius 3 is 2.16 bits per heavy atom. The lowest BCUT2D eigenvalue weighted by atomic mass is 9.75. The van der Waals surface area contributed by atoms with E-state index in [4.69, 9.17) is 5.73 Å². The average molecular weight is 276 g/mol. The molecule has 1 aromatic rings. The maximum atomic E-state index is 13.3. The van der Waals surface area contributed by atoms with Gasteiger partial charge in [-0.15, -0.1) is 0 Å². The molecule has 0 atom stereocenters. The minimum absolute atomic E-state index is 0.0800. The van der Waals surface area contributed by atoms with E-state index in [1.807, 2.05) is 5.32 Å². The fourth-order valence-electron chi connectivity index (χ4n) is 1.99. The van der Waals surface area contributed by atoms with Crippen LogP contribution in [-0.4, -0.2) is 11.4 Å². The van der Waals surface area contributed by atoms with Crippen molar-refractivity contribution in [3.05, 3.63) is 29.3 Å². The number of carbonyl (C=O) groups excluding carboxylic acids is 1. The van der Waals surface area contributed by atoms with Gasteiger partial charge in [0.1, 0.15) is 5.69 Å². The molecule has 7 heteroatoms. The largest absolute Gasteiger partial charge is 0.325 e. The molecule has 0 aromatic heterocycles. The maximum Gasteiger partial charge on any atom is 0.226 e. The fraction of sp³-hybridized carbons (Fsp3) is 0.417. The summed E-state index contributed by atoms with van der Waals surface area (Å²) >= 11 is 0. The zero-order valence-corrected chi connectivity index (χ0v) is 9.90. The van der Waals surface area contributed by atoms with Crippen LogP contribution in [0.5, 0.6) is 0 Å². The van der Waals surface area contributed by atoms with Crippen LogP contribution in [0, 0.1) is 23.3 Å². The lowest BCUT2D eigenvalue weighted by Gasteiger charge is -2.37. The van der Waals surface area contributed by atoms with Gasteiger partial charge in [0.15, 0.2) is 23.3 Å². The van der Waals surface area contributed by atoms with Crippen LogP contribution in [0.4, 0.5) is 23.2 Å². The predicted molar refractivity (Wildman–Crippen MR) is 60.3 cm³/mol. The molecule has 1 amide bonds. The summed E-state index contributed by atoms with van der Waals surface area (Å²) in [6.45, 7) is 0. The van der Waals surface area contributed by atoms with E-state index in [1.165, 1.54) is 0 Å². The van der Waals surface area contributed by atoms with Crippen LogP contribution in [0.25, 0.3) is 0 Å². The van der Waals surface area contributed by atoms with Crippen LogP contribution in [0.1, 0.15) is 25.7 Å². The Morgan fingerprint density at radius 1 is 1.21 bits per heavy atom. The first-order chi connectivity index (χ1) is 8.82. The maximum absolute atomic E-state index is 13.3. The molecule has 3 nitrogen and oxygen atoms in total. The molecule has 0 heterocycles. The van der Waals surface area contributed by atoms with E-state index < -0.39 is 40.4 Å². The SMILES string of the molecule is NC1(CC(=O)Nc2c(F)c(F)cc(F)c2F)CCC1. The molecule has 0 aliphatic heterocycles. The molecule has 19 heavy (non-hydrogen) atoms. The number of rotatable bonds is 3. The molecule has 1 aliphatic carbocycles. The van der Waals surface area contributed by atoms with Crippen molar-refractivity contribution in [3.63, 3.8) is 0 Å². The molecular weight excluding hydrogens is 264 g/mol. The quantitative estimate of drug-likeness (QED) is 0.658. The lowest BCUT2D eigenvalue weighted by Crippen LogP contribution is -2.49. The zero-order chi connectivity index (χ0) is 14.2. The van der Waals surface area contributed by atoms with Crippen molar-refractivity contribution in [2.75, 3.05) is 5.32 Å². The zero-order valence-electron chi connectivity index (χ0n) is 9.90. The molecule has 0 saturated heterocycles. The van der Waals surface area contributed by atoms with Crippen molar-refractivity contribution >= 4 is 11.6 Å². The van der Waals surface area contributed by atoms with Crippen LogP contribution >= 0.6 is 0 Å². The van der Waals surface area contributed by atoms with Crippen molar-refractivity contribution in [2.45, 2.75) is 31.2 Å². The summed E-state index contributed by atoms with van der Waals surface area (Å²) < 4.78 is 52.5. The molecule has 1 aromatic carbocycles. The Kier molecular flexibility index (Phi) is 3.49. The van der Waals surface area contributed by atoms with Crippen LogP contribution < -0.4 is 11.1 Å². The topological polar surface area (TPSA) is 55.1 Å². The van der Waals surface area contributed by atoms with Gasteiger partial charge in [-0.2, -0.15) is 0 Å². The number of amides is 1. The second kappa shape index (κ2) is 4.80. The van der Waals surface area contributed by atoms with Crippen molar-refractivity contribution in [1.29, 1.82) is 0 Å². The molecule has 0 unspecified atom stereocenters. The summed E-state index contributed by atoms with van der Waals surface area (Å²) in [4.78, 5) is 11.6. The van der Waals surface area contributed by atoms with E-state index in [0.717, 1.165) is 6.42 Å². The third-order valence-electron chi connectivity index (χ3n) is 3.24. The molecule has 2 rings (SSSR count). The van der Waals surface area contributed by atoms with Gasteiger partial charge in [-0.1, -0.05) is 0 Å². The van der Waals surface area contributed by atoms with E-state index in [2.05, 4.69) is 0 Å². The van der Waals surface area contributed by atoms with Gasteiger partial charge in [0.2, 0.25) is 5.91 Å². The molecule has 1 fully saturated rings. The summed E-state index contributed by atoms with van der Waals surface area (Å²) in [6, 6.07) is 0.0800. The molecule has 1 saturated carbocycles. The Labute approximate surface area is 106 Å². The number of hydrogen-bond donors (Lipinski definition) is 2. The molecule has 104 valence electrons. The molecule has 0 spiro atoms. The third-order valence-corrected chi connectivity index (χ3v) is 3.24. The minimum Gasteiger partial charge on any atom is -0.325 e. The number of carbonyl (C=O) groups is 1. The van der Waals surface area contributed by atoms with E-state index in [0.29, 0.717) is 12.8 Å². The Bertz CT molecular complexity index is 503. The number of hydrogen-bond acceptors (Lipinski definition) is 2. The molecule has 0 radical (unpaired) electrons. The highest BCUT2D eigenvalue weighted by atomic mass is 19.2. The van der Waals surface area contributed by atoms with Gasteiger partial charge in [-0.05, 0) is 19.3 Å². The van der Waals surface area contributed by atoms with Gasteiger partial charge in [-0.25, -0.2) is 17.6 Å². The van der Waals surface area contributed by atoms with Gasteiger partial charge < -0.3 is 11.1 Å². The lowest BCUT2D eigenvalue weighted by molar-refractivity contribution is -0.118. The summed E-state index contributed by atoms with van der Waals surface area (Å²) in [7, 11) is 0. The fourth-order valence-corrected chi connectivity index (χ4v) is 1.99. The second-order valence-electron chi connectivity index (χ2n) is 4.78. The molecule has 0 bridgehead atoms. The Balaban J connectivity index is 2.16. The molecule has 1 aliphatic rings. The van der Waals surface area contributed by atoms with E-state index >= 15 is 0 Å². The first-order valence-corrected chi connectivity index (χ1v) is 5.74. The Hall–Kier alpha value is -1.63. The standard InChI is InChI=1S/C12H12F4N2O/c13-6-4-7(14)10(16)11(9(6)15)18-8(19)5-12(17)2-1-3-12/h4H,1-3,5,17H2,(H,18,19). The number of halogens is 4. The van der Waals surface area contributed by atoms with Gasteiger partial charge in [0, 0.05) is 18.0 Å². The summed E-state index contributed by atoms with van der Waals surface area (Å²) in [5, 5.41) is 1.84. The highest BCUT2D eigenvalue weighted by Crippen LogP contribution is 2.33. The monoisotopic (exact) mass is 276 g/mol. The normalized spacial score (nSPS) is 16.9. The molecule has 3 N–H and O–H groups in total. The van der Waals surface area contributed by atoms with Gasteiger partial charge in [0.25, 0.3) is 0 Å². The van der Waals surface area contributed by atoms with Crippen LogP contribution in [0.3, 0.4) is 0 Å². The van der Waals surface area contributed by atoms with Gasteiger partial charge in [-0.3, -0.25) is 4.79 Å². The third kappa shape index (κ3) is 2.70. The molecular formula is C12H12F4N2O. The highest BCUT2D eigenvalue weighted by Gasteiger charge is 2.35. The summed E-state index contributed by atoms with van der Waals surface area (Å²) in [6.07, 6.45) is 1.98. The number of nitrogens with two attached hydrogens (primary N) is 1. The van der Waals surface area contributed by atoms with Gasteiger partial charge in [0.05, 0.1) is 0 Å². The highest BCUT2D eigenvalue weighted by molar-refractivity contribution is 5.91. The summed E-state index contributed by atoms with van der Waals surface area (Å²) in [5.74, 6) is -7.18. The van der Waals surface area contributed by atoms with E-state index in [1.54, 1.807) is 0 Å². The Morgan fingerprint density at radius 2 is 1.74 bits per heavy atom. The number of benzene rings is 1. The van der Waals surface area contributed by atoms with E-state index in [-0.39, 0.29) is 12.5 Å². The second-order valence-corrected chi connectivity index (χ2v) is 4.78. The van der Waals surface area contributed by atoms with Crippen molar-refractivity contribution < 1.29 is 22.4 Å². The first kappa shape index (κ1) is 13.8. The van der Waals surface area contributed by atoms with Crippen molar-refractivity contribution in [1.82, 2.24) is 0 Å². The number of anilines is 1. The number of nitrogens with one attached hydrogen (secondary N) is 1. The van der Waals surface area contributed by atoms with Crippen LogP contribution in [-0.2, 0) is 4.79 Å². The minimum atomic E-state index is -1.63. The van der Waals surface area contributed by atoms with Crippen molar-refractivity contribution in [2.24, 2.45) is 5.73 Å². The van der Waals surface area contributed by atoms with E-state index in [9.17, 15) is 22.4 Å². The smallest absolute Gasteiger partial charge is 0.226 e.